The summed E-state index contributed by atoms with van der Waals surface area (Å²) in [4.78, 5) is 8.09. The largest absolute Gasteiger partial charge is 0.235 e. The maximum absolute atomic E-state index is 12.4. The molecule has 1 unspecified atom stereocenters. The first-order valence-corrected chi connectivity index (χ1v) is 8.43. The van der Waals surface area contributed by atoms with E-state index in [1.165, 1.54) is 17.7 Å². The standard InChI is InChI=1S/C11H13ClN2O2S2/c1-7-5-17-10-9(7)13-6-14-11(10)18(15,16)8(2)3-4-12/h5-6,8H,3-4H2,1-2H3. The van der Waals surface area contributed by atoms with Gasteiger partial charge in [0.05, 0.1) is 15.5 Å². The topological polar surface area (TPSA) is 59.9 Å². The van der Waals surface area contributed by atoms with Gasteiger partial charge < -0.3 is 0 Å². The summed E-state index contributed by atoms with van der Waals surface area (Å²) in [7, 11) is -3.44. The molecule has 18 heavy (non-hydrogen) atoms. The van der Waals surface area contributed by atoms with Crippen LogP contribution >= 0.6 is 22.9 Å². The van der Waals surface area contributed by atoms with Gasteiger partial charge in [0.2, 0.25) is 0 Å². The van der Waals surface area contributed by atoms with Gasteiger partial charge in [-0.2, -0.15) is 0 Å². The molecule has 0 aromatic carbocycles. The highest BCUT2D eigenvalue weighted by molar-refractivity contribution is 7.92. The van der Waals surface area contributed by atoms with Crippen molar-refractivity contribution < 1.29 is 8.42 Å². The van der Waals surface area contributed by atoms with Crippen molar-refractivity contribution in [2.24, 2.45) is 0 Å². The van der Waals surface area contributed by atoms with Crippen molar-refractivity contribution in [1.29, 1.82) is 0 Å². The second kappa shape index (κ2) is 5.11. The lowest BCUT2D eigenvalue weighted by Crippen LogP contribution is -2.19. The SMILES string of the molecule is Cc1csc2c(S(=O)(=O)C(C)CCCl)ncnc12. The summed E-state index contributed by atoms with van der Waals surface area (Å²) in [6.45, 7) is 3.57. The van der Waals surface area contributed by atoms with Gasteiger partial charge in [-0.1, -0.05) is 0 Å². The van der Waals surface area contributed by atoms with Crippen LogP contribution in [0.5, 0.6) is 0 Å². The summed E-state index contributed by atoms with van der Waals surface area (Å²) in [5, 5.41) is 1.49. The zero-order chi connectivity index (χ0) is 13.3. The molecule has 0 aliphatic heterocycles. The van der Waals surface area contributed by atoms with E-state index >= 15 is 0 Å². The van der Waals surface area contributed by atoms with Gasteiger partial charge in [-0.15, -0.1) is 22.9 Å². The number of sulfone groups is 1. The highest BCUT2D eigenvalue weighted by Crippen LogP contribution is 2.30. The zero-order valence-corrected chi connectivity index (χ0v) is 12.4. The van der Waals surface area contributed by atoms with Gasteiger partial charge in [-0.3, -0.25) is 0 Å². The van der Waals surface area contributed by atoms with Crippen LogP contribution in [0.2, 0.25) is 0 Å². The van der Waals surface area contributed by atoms with Crippen LogP contribution < -0.4 is 0 Å². The molecule has 4 nitrogen and oxygen atoms in total. The number of rotatable bonds is 4. The van der Waals surface area contributed by atoms with E-state index in [0.29, 0.717) is 22.5 Å². The summed E-state index contributed by atoms with van der Waals surface area (Å²) in [5.74, 6) is 0.318. The van der Waals surface area contributed by atoms with E-state index in [9.17, 15) is 8.42 Å². The fraction of sp³-hybridized carbons (Fsp3) is 0.455. The number of hydrogen-bond donors (Lipinski definition) is 0. The summed E-state index contributed by atoms with van der Waals surface area (Å²) in [6.07, 6.45) is 1.72. The Morgan fingerprint density at radius 1 is 1.44 bits per heavy atom. The number of aryl methyl sites for hydroxylation is 1. The lowest BCUT2D eigenvalue weighted by molar-refractivity contribution is 0.578. The minimum Gasteiger partial charge on any atom is -0.235 e. The van der Waals surface area contributed by atoms with E-state index in [4.69, 9.17) is 11.6 Å². The van der Waals surface area contributed by atoms with Crippen molar-refractivity contribution in [3.8, 4) is 0 Å². The van der Waals surface area contributed by atoms with E-state index in [1.807, 2.05) is 12.3 Å². The molecule has 0 bridgehead atoms. The van der Waals surface area contributed by atoms with E-state index in [-0.39, 0.29) is 5.03 Å². The molecule has 7 heteroatoms. The van der Waals surface area contributed by atoms with Crippen LogP contribution in [0.3, 0.4) is 0 Å². The third-order valence-electron chi connectivity index (χ3n) is 2.81. The minimum atomic E-state index is -3.44. The predicted octanol–water partition coefficient (Wildman–Crippen LogP) is 2.79. The highest BCUT2D eigenvalue weighted by atomic mass is 35.5. The van der Waals surface area contributed by atoms with Gasteiger partial charge >= 0.3 is 0 Å². The molecule has 0 N–H and O–H groups in total. The van der Waals surface area contributed by atoms with Gasteiger partial charge in [0.1, 0.15) is 6.33 Å². The average molecular weight is 305 g/mol. The van der Waals surface area contributed by atoms with Gasteiger partial charge in [0.25, 0.3) is 0 Å². The molecule has 2 rings (SSSR count). The van der Waals surface area contributed by atoms with Crippen molar-refractivity contribution in [2.45, 2.75) is 30.5 Å². The predicted molar refractivity (Wildman–Crippen MR) is 74.1 cm³/mol. The van der Waals surface area contributed by atoms with Crippen molar-refractivity contribution in [2.75, 3.05) is 5.88 Å². The third-order valence-corrected chi connectivity index (χ3v) is 6.40. The summed E-state index contributed by atoms with van der Waals surface area (Å²) in [5.41, 5.74) is 1.69. The fourth-order valence-corrected chi connectivity index (χ4v) is 4.84. The Bertz CT molecular complexity index is 667. The number of aromatic nitrogens is 2. The first kappa shape index (κ1) is 13.7. The van der Waals surface area contributed by atoms with Crippen LogP contribution in [-0.2, 0) is 9.84 Å². The Morgan fingerprint density at radius 2 is 2.17 bits per heavy atom. The molecule has 2 heterocycles. The molecule has 0 aliphatic rings. The Morgan fingerprint density at radius 3 is 2.83 bits per heavy atom. The Labute approximate surface area is 115 Å². The van der Waals surface area contributed by atoms with Crippen LogP contribution in [0.15, 0.2) is 16.7 Å². The van der Waals surface area contributed by atoms with Gasteiger partial charge in [0.15, 0.2) is 14.9 Å². The van der Waals surface area contributed by atoms with Crippen LogP contribution in [0.1, 0.15) is 18.9 Å². The Balaban J connectivity index is 2.61. The average Bonchev–Trinajstić information content (AvgIpc) is 2.71. The van der Waals surface area contributed by atoms with Gasteiger partial charge in [0, 0.05) is 5.88 Å². The van der Waals surface area contributed by atoms with Crippen LogP contribution in [-0.4, -0.2) is 29.5 Å². The maximum Gasteiger partial charge on any atom is 0.199 e. The third kappa shape index (κ3) is 2.24. The second-order valence-corrected chi connectivity index (χ2v) is 7.65. The van der Waals surface area contributed by atoms with Crippen molar-refractivity contribution in [3.63, 3.8) is 0 Å². The molecule has 2 aromatic rings. The number of alkyl halides is 1. The van der Waals surface area contributed by atoms with Crippen molar-refractivity contribution >= 4 is 43.0 Å². The fourth-order valence-electron chi connectivity index (χ4n) is 1.65. The Hall–Kier alpha value is -0.720. The molecule has 0 spiro atoms. The molecular weight excluding hydrogens is 292 g/mol. The molecule has 2 aromatic heterocycles. The van der Waals surface area contributed by atoms with Gasteiger partial charge in [-0.25, -0.2) is 18.4 Å². The quantitative estimate of drug-likeness (QED) is 0.644. The molecular formula is C11H13ClN2O2S2. The minimum absolute atomic E-state index is 0.128. The van der Waals surface area contributed by atoms with E-state index in [0.717, 1.165) is 5.56 Å². The first-order valence-electron chi connectivity index (χ1n) is 5.47. The monoisotopic (exact) mass is 304 g/mol. The Kier molecular flexibility index (Phi) is 3.89. The lowest BCUT2D eigenvalue weighted by atomic mass is 10.3. The van der Waals surface area contributed by atoms with E-state index in [1.54, 1.807) is 6.92 Å². The highest BCUT2D eigenvalue weighted by Gasteiger charge is 2.27. The lowest BCUT2D eigenvalue weighted by Gasteiger charge is -2.10. The van der Waals surface area contributed by atoms with Crippen molar-refractivity contribution in [3.05, 3.63) is 17.3 Å². The number of fused-ring (bicyclic) bond motifs is 1. The molecule has 0 saturated carbocycles. The molecule has 0 radical (unpaired) electrons. The second-order valence-electron chi connectivity index (χ2n) is 4.11. The smallest absolute Gasteiger partial charge is 0.199 e. The molecule has 1 atom stereocenters. The van der Waals surface area contributed by atoms with Crippen LogP contribution in [0.4, 0.5) is 0 Å². The molecule has 0 saturated heterocycles. The van der Waals surface area contributed by atoms with Gasteiger partial charge in [-0.05, 0) is 31.2 Å². The van der Waals surface area contributed by atoms with Crippen LogP contribution in [0.25, 0.3) is 10.2 Å². The number of halogens is 1. The first-order chi connectivity index (χ1) is 8.48. The zero-order valence-electron chi connectivity index (χ0n) is 10.1. The normalized spacial score (nSPS) is 13.9. The molecule has 98 valence electrons. The van der Waals surface area contributed by atoms with Crippen LogP contribution in [0, 0.1) is 6.92 Å². The molecule has 0 aliphatic carbocycles. The summed E-state index contributed by atoms with van der Waals surface area (Å²) < 4.78 is 25.4. The van der Waals surface area contributed by atoms with E-state index in [2.05, 4.69) is 9.97 Å². The number of hydrogen-bond acceptors (Lipinski definition) is 5. The molecule has 0 amide bonds. The molecule has 0 fully saturated rings. The van der Waals surface area contributed by atoms with Crippen molar-refractivity contribution in [1.82, 2.24) is 9.97 Å². The summed E-state index contributed by atoms with van der Waals surface area (Å²) >= 11 is 6.98. The number of thiophene rings is 1. The number of nitrogens with zero attached hydrogens (tertiary/aromatic N) is 2. The maximum atomic E-state index is 12.4. The van der Waals surface area contributed by atoms with E-state index < -0.39 is 15.1 Å². The summed E-state index contributed by atoms with van der Waals surface area (Å²) in [6, 6.07) is 0.